The summed E-state index contributed by atoms with van der Waals surface area (Å²) in [5.41, 5.74) is 2.58. The van der Waals surface area contributed by atoms with E-state index in [4.69, 9.17) is 4.74 Å². The number of aromatic nitrogens is 4. The van der Waals surface area contributed by atoms with Gasteiger partial charge in [-0.2, -0.15) is 5.10 Å². The normalized spacial score (nSPS) is 20.1. The van der Waals surface area contributed by atoms with E-state index in [0.717, 1.165) is 48.5 Å². The van der Waals surface area contributed by atoms with Crippen molar-refractivity contribution in [1.82, 2.24) is 25.1 Å². The molecule has 1 saturated heterocycles. The molecule has 0 aromatic carbocycles. The number of amides is 1. The molecule has 1 aliphatic rings. The van der Waals surface area contributed by atoms with Gasteiger partial charge in [0.1, 0.15) is 5.60 Å². The number of aryl methyl sites for hydroxylation is 3. The van der Waals surface area contributed by atoms with Crippen molar-refractivity contribution in [3.8, 4) is 0 Å². The number of carbonyl (C=O) groups excluding carboxylic acids is 1. The fraction of sp³-hybridized carbons (Fsp3) is 0.579. The number of nitrogens with one attached hydrogen (secondary N) is 1. The van der Waals surface area contributed by atoms with Crippen molar-refractivity contribution in [3.05, 3.63) is 41.2 Å². The van der Waals surface area contributed by atoms with Crippen LogP contribution < -0.4 is 5.32 Å². The van der Waals surface area contributed by atoms with Crippen molar-refractivity contribution in [3.63, 3.8) is 0 Å². The molecule has 0 unspecified atom stereocenters. The van der Waals surface area contributed by atoms with Gasteiger partial charge in [-0.05, 0) is 45.1 Å². The molecule has 1 N–H and O–H groups in total. The molecular formula is C19H27N5O2. The van der Waals surface area contributed by atoms with Gasteiger partial charge >= 0.3 is 0 Å². The Kier molecular flexibility index (Phi) is 5.66. The molecule has 1 atom stereocenters. The lowest BCUT2D eigenvalue weighted by atomic mass is 9.95. The molecule has 26 heavy (non-hydrogen) atoms. The van der Waals surface area contributed by atoms with E-state index in [-0.39, 0.29) is 11.5 Å². The second-order valence-corrected chi connectivity index (χ2v) is 7.14. The predicted octanol–water partition coefficient (Wildman–Crippen LogP) is 2.18. The fourth-order valence-corrected chi connectivity index (χ4v) is 3.26. The van der Waals surface area contributed by atoms with Gasteiger partial charge in [-0.1, -0.05) is 0 Å². The average molecular weight is 357 g/mol. The van der Waals surface area contributed by atoms with Gasteiger partial charge in [0.25, 0.3) is 0 Å². The zero-order valence-electron chi connectivity index (χ0n) is 15.8. The minimum atomic E-state index is -0.387. The lowest BCUT2D eigenvalue weighted by molar-refractivity contribution is -0.121. The molecule has 1 fully saturated rings. The van der Waals surface area contributed by atoms with Crippen LogP contribution in [0, 0.1) is 6.92 Å². The van der Waals surface area contributed by atoms with Gasteiger partial charge in [-0.3, -0.25) is 9.48 Å². The highest BCUT2D eigenvalue weighted by atomic mass is 16.5. The van der Waals surface area contributed by atoms with Crippen molar-refractivity contribution in [1.29, 1.82) is 0 Å². The van der Waals surface area contributed by atoms with E-state index in [1.54, 1.807) is 17.1 Å². The zero-order valence-corrected chi connectivity index (χ0v) is 15.8. The van der Waals surface area contributed by atoms with Crippen LogP contribution in [0.2, 0.25) is 0 Å². The van der Waals surface area contributed by atoms with Crippen LogP contribution in [0.1, 0.15) is 55.3 Å². The summed E-state index contributed by atoms with van der Waals surface area (Å²) in [4.78, 5) is 21.0. The van der Waals surface area contributed by atoms with Crippen LogP contribution in [0.3, 0.4) is 0 Å². The third kappa shape index (κ3) is 4.46. The predicted molar refractivity (Wildman–Crippen MR) is 97.3 cm³/mol. The molecule has 0 saturated carbocycles. The summed E-state index contributed by atoms with van der Waals surface area (Å²) < 4.78 is 7.65. The maximum absolute atomic E-state index is 12.1. The van der Waals surface area contributed by atoms with Crippen LogP contribution in [-0.2, 0) is 35.1 Å². The van der Waals surface area contributed by atoms with E-state index in [2.05, 4.69) is 20.4 Å². The highest BCUT2D eigenvalue weighted by Gasteiger charge is 2.32. The maximum Gasteiger partial charge on any atom is 0.220 e. The molecule has 2 aromatic rings. The minimum absolute atomic E-state index is 0.0138. The Morgan fingerprint density at radius 3 is 2.73 bits per heavy atom. The molecule has 7 heteroatoms. The van der Waals surface area contributed by atoms with Crippen molar-refractivity contribution >= 4 is 5.91 Å². The van der Waals surface area contributed by atoms with Crippen molar-refractivity contribution < 1.29 is 9.53 Å². The van der Waals surface area contributed by atoms with E-state index in [1.807, 2.05) is 27.1 Å². The van der Waals surface area contributed by atoms with E-state index in [9.17, 15) is 4.79 Å². The first-order valence-corrected chi connectivity index (χ1v) is 9.17. The smallest absolute Gasteiger partial charge is 0.220 e. The molecule has 1 aliphatic heterocycles. The lowest BCUT2D eigenvalue weighted by Crippen LogP contribution is -2.32. The van der Waals surface area contributed by atoms with Crippen LogP contribution in [0.15, 0.2) is 18.6 Å². The third-order valence-corrected chi connectivity index (χ3v) is 4.87. The summed E-state index contributed by atoms with van der Waals surface area (Å²) in [5, 5.41) is 7.22. The Bertz CT molecular complexity index is 748. The maximum atomic E-state index is 12.1. The number of carbonyl (C=O) groups is 1. The summed E-state index contributed by atoms with van der Waals surface area (Å²) >= 11 is 0. The second kappa shape index (κ2) is 7.95. The van der Waals surface area contributed by atoms with Gasteiger partial charge in [0.05, 0.1) is 5.69 Å². The third-order valence-electron chi connectivity index (χ3n) is 4.87. The number of nitrogens with zero attached hydrogens (tertiary/aromatic N) is 4. The van der Waals surface area contributed by atoms with E-state index < -0.39 is 0 Å². The molecule has 0 bridgehead atoms. The van der Waals surface area contributed by atoms with Gasteiger partial charge in [0, 0.05) is 50.8 Å². The summed E-state index contributed by atoms with van der Waals surface area (Å²) in [6, 6.07) is 0. The van der Waals surface area contributed by atoms with Gasteiger partial charge in [-0.25, -0.2) is 9.97 Å². The van der Waals surface area contributed by atoms with Gasteiger partial charge in [0.2, 0.25) is 5.91 Å². The monoisotopic (exact) mass is 357 g/mol. The first-order valence-electron chi connectivity index (χ1n) is 9.17. The Balaban J connectivity index is 1.48. The van der Waals surface area contributed by atoms with Crippen molar-refractivity contribution in [2.24, 2.45) is 7.05 Å². The minimum Gasteiger partial charge on any atom is -0.367 e. The molecule has 2 aromatic heterocycles. The molecule has 0 aliphatic carbocycles. The SMILES string of the molecule is Cc1nn(C)cc1CCC(=O)NCc1cnc([C@@]2(C)CCCCO2)nc1. The molecule has 0 spiro atoms. The van der Waals surface area contributed by atoms with Crippen LogP contribution >= 0.6 is 0 Å². The summed E-state index contributed by atoms with van der Waals surface area (Å²) in [6.45, 7) is 5.20. The topological polar surface area (TPSA) is 81.9 Å². The first-order chi connectivity index (χ1) is 12.5. The van der Waals surface area contributed by atoms with E-state index in [1.165, 1.54) is 0 Å². The quantitative estimate of drug-likeness (QED) is 0.857. The number of hydrogen-bond donors (Lipinski definition) is 1. The largest absolute Gasteiger partial charge is 0.367 e. The standard InChI is InChI=1S/C19H27N5O2/c1-14-16(13-24(3)23-14)6-7-17(25)20-10-15-11-21-18(22-12-15)19(2)8-4-5-9-26-19/h11-13H,4-10H2,1-3H3,(H,20,25)/t19-/m1/s1. The fourth-order valence-electron chi connectivity index (χ4n) is 3.26. The van der Waals surface area contributed by atoms with E-state index in [0.29, 0.717) is 19.4 Å². The zero-order chi connectivity index (χ0) is 18.6. The number of ether oxygens (including phenoxy) is 1. The molecule has 140 valence electrons. The van der Waals surface area contributed by atoms with Gasteiger partial charge in [0.15, 0.2) is 5.82 Å². The highest BCUT2D eigenvalue weighted by Crippen LogP contribution is 2.32. The number of rotatable bonds is 6. The molecule has 3 heterocycles. The Morgan fingerprint density at radius 1 is 1.35 bits per heavy atom. The number of hydrogen-bond acceptors (Lipinski definition) is 5. The average Bonchev–Trinajstić information content (AvgIpc) is 2.96. The second-order valence-electron chi connectivity index (χ2n) is 7.14. The van der Waals surface area contributed by atoms with Crippen molar-refractivity contribution in [2.45, 2.75) is 58.1 Å². The Morgan fingerprint density at radius 2 is 2.12 bits per heavy atom. The highest BCUT2D eigenvalue weighted by molar-refractivity contribution is 5.76. The summed E-state index contributed by atoms with van der Waals surface area (Å²) in [5.74, 6) is 0.735. The molecule has 1 amide bonds. The summed E-state index contributed by atoms with van der Waals surface area (Å²) in [6.07, 6.45) is 9.81. The molecular weight excluding hydrogens is 330 g/mol. The van der Waals surface area contributed by atoms with Crippen LogP contribution in [0.4, 0.5) is 0 Å². The Hall–Kier alpha value is -2.28. The molecule has 7 nitrogen and oxygen atoms in total. The summed E-state index contributed by atoms with van der Waals surface area (Å²) in [7, 11) is 1.89. The molecule has 0 radical (unpaired) electrons. The van der Waals surface area contributed by atoms with Crippen LogP contribution in [0.5, 0.6) is 0 Å². The van der Waals surface area contributed by atoms with Gasteiger partial charge in [-0.15, -0.1) is 0 Å². The van der Waals surface area contributed by atoms with E-state index >= 15 is 0 Å². The van der Waals surface area contributed by atoms with Crippen LogP contribution in [-0.4, -0.2) is 32.3 Å². The first kappa shape index (κ1) is 18.5. The van der Waals surface area contributed by atoms with Gasteiger partial charge < -0.3 is 10.1 Å². The van der Waals surface area contributed by atoms with Crippen molar-refractivity contribution in [2.75, 3.05) is 6.61 Å². The Labute approximate surface area is 154 Å². The lowest BCUT2D eigenvalue weighted by Gasteiger charge is -2.32. The molecule has 3 rings (SSSR count). The van der Waals surface area contributed by atoms with Crippen LogP contribution in [0.25, 0.3) is 0 Å².